The largest absolute Gasteiger partial charge is 0.494 e. The van der Waals surface area contributed by atoms with Gasteiger partial charge < -0.3 is 15.2 Å². The lowest BCUT2D eigenvalue weighted by molar-refractivity contribution is 0.107. The summed E-state index contributed by atoms with van der Waals surface area (Å²) in [4.78, 5) is 0. The molecule has 0 saturated heterocycles. The van der Waals surface area contributed by atoms with Gasteiger partial charge in [-0.05, 0) is 30.7 Å². The number of ether oxygens (including phenoxy) is 2. The zero-order chi connectivity index (χ0) is 12.5. The van der Waals surface area contributed by atoms with Crippen LogP contribution in [-0.2, 0) is 4.74 Å². The summed E-state index contributed by atoms with van der Waals surface area (Å²) in [5.41, 5.74) is 5.70. The van der Waals surface area contributed by atoms with E-state index in [0.717, 1.165) is 12.8 Å². The van der Waals surface area contributed by atoms with E-state index >= 15 is 0 Å². The first-order chi connectivity index (χ1) is 8.22. The molecule has 0 aromatic heterocycles. The zero-order valence-electron chi connectivity index (χ0n) is 10.2. The van der Waals surface area contributed by atoms with Crippen molar-refractivity contribution in [1.82, 2.24) is 0 Å². The molecule has 0 saturated carbocycles. The van der Waals surface area contributed by atoms with Crippen LogP contribution in [0.3, 0.4) is 0 Å². The summed E-state index contributed by atoms with van der Waals surface area (Å²) in [6.45, 7) is 3.82. The van der Waals surface area contributed by atoms with Crippen LogP contribution in [0.15, 0.2) is 24.3 Å². The predicted octanol–water partition coefficient (Wildman–Crippen LogP) is 2.35. The highest BCUT2D eigenvalue weighted by Crippen LogP contribution is 2.11. The topological polar surface area (TPSA) is 44.5 Å². The molecule has 0 fully saturated rings. The molecule has 1 atom stereocenters. The third kappa shape index (κ3) is 6.24. The summed E-state index contributed by atoms with van der Waals surface area (Å²) in [7, 11) is 0. The van der Waals surface area contributed by atoms with Crippen LogP contribution < -0.4 is 10.5 Å². The second kappa shape index (κ2) is 8.03. The van der Waals surface area contributed by atoms with E-state index in [2.05, 4.69) is 0 Å². The van der Waals surface area contributed by atoms with Gasteiger partial charge in [-0.25, -0.2) is 4.39 Å². The Labute approximate surface area is 102 Å². The Morgan fingerprint density at radius 3 is 2.59 bits per heavy atom. The van der Waals surface area contributed by atoms with Gasteiger partial charge in [0.05, 0.1) is 13.2 Å². The van der Waals surface area contributed by atoms with Crippen molar-refractivity contribution in [3.05, 3.63) is 30.1 Å². The molecule has 0 amide bonds. The van der Waals surface area contributed by atoms with Gasteiger partial charge in [0, 0.05) is 19.1 Å². The fourth-order valence-corrected chi connectivity index (χ4v) is 1.23. The lowest BCUT2D eigenvalue weighted by atomic mass is 10.3. The van der Waals surface area contributed by atoms with Crippen molar-refractivity contribution in [2.24, 2.45) is 5.73 Å². The number of nitrogens with two attached hydrogens (primary N) is 1. The molecule has 0 aliphatic carbocycles. The van der Waals surface area contributed by atoms with Crippen LogP contribution in [0, 0.1) is 5.82 Å². The molecule has 1 aromatic carbocycles. The molecular weight excluding hydrogens is 221 g/mol. The molecule has 17 heavy (non-hydrogen) atoms. The molecule has 0 heterocycles. The molecule has 96 valence electrons. The van der Waals surface area contributed by atoms with Gasteiger partial charge in [0.2, 0.25) is 0 Å². The third-order valence-electron chi connectivity index (χ3n) is 2.37. The van der Waals surface area contributed by atoms with Gasteiger partial charge in [-0.2, -0.15) is 0 Å². The molecule has 1 unspecified atom stereocenters. The quantitative estimate of drug-likeness (QED) is 0.710. The van der Waals surface area contributed by atoms with E-state index in [4.69, 9.17) is 15.2 Å². The van der Waals surface area contributed by atoms with E-state index < -0.39 is 0 Å². The number of benzene rings is 1. The summed E-state index contributed by atoms with van der Waals surface area (Å²) in [6, 6.07) is 6.11. The standard InChI is InChI=1S/C13H20FNO2/c1-2-12(15)10-16-8-3-9-17-13-6-4-11(14)5-7-13/h4-7,12H,2-3,8-10,15H2,1H3. The fourth-order valence-electron chi connectivity index (χ4n) is 1.23. The van der Waals surface area contributed by atoms with Crippen molar-refractivity contribution in [3.63, 3.8) is 0 Å². The summed E-state index contributed by atoms with van der Waals surface area (Å²) in [5.74, 6) is 0.422. The van der Waals surface area contributed by atoms with E-state index in [1.807, 2.05) is 6.92 Å². The summed E-state index contributed by atoms with van der Waals surface area (Å²) >= 11 is 0. The lowest BCUT2D eigenvalue weighted by Gasteiger charge is -2.10. The average molecular weight is 241 g/mol. The van der Waals surface area contributed by atoms with Crippen LogP contribution >= 0.6 is 0 Å². The average Bonchev–Trinajstić information content (AvgIpc) is 2.35. The van der Waals surface area contributed by atoms with Crippen molar-refractivity contribution >= 4 is 0 Å². The first-order valence-corrected chi connectivity index (χ1v) is 5.94. The van der Waals surface area contributed by atoms with Gasteiger partial charge in [-0.3, -0.25) is 0 Å². The second-order valence-electron chi connectivity index (χ2n) is 3.90. The van der Waals surface area contributed by atoms with Gasteiger partial charge in [0.25, 0.3) is 0 Å². The van der Waals surface area contributed by atoms with Crippen molar-refractivity contribution in [2.45, 2.75) is 25.8 Å². The Kier molecular flexibility index (Phi) is 6.58. The monoisotopic (exact) mass is 241 g/mol. The van der Waals surface area contributed by atoms with Crippen molar-refractivity contribution in [1.29, 1.82) is 0 Å². The maximum atomic E-state index is 12.6. The normalized spacial score (nSPS) is 12.4. The van der Waals surface area contributed by atoms with Gasteiger partial charge in [0.1, 0.15) is 11.6 Å². The second-order valence-corrected chi connectivity index (χ2v) is 3.90. The smallest absolute Gasteiger partial charge is 0.123 e. The summed E-state index contributed by atoms with van der Waals surface area (Å²) < 4.78 is 23.4. The number of rotatable bonds is 8. The maximum absolute atomic E-state index is 12.6. The molecule has 0 aliphatic rings. The Hall–Kier alpha value is -1.13. The molecule has 2 N–H and O–H groups in total. The first-order valence-electron chi connectivity index (χ1n) is 5.94. The van der Waals surface area contributed by atoms with E-state index in [1.165, 1.54) is 12.1 Å². The first kappa shape index (κ1) is 13.9. The highest BCUT2D eigenvalue weighted by molar-refractivity contribution is 5.21. The van der Waals surface area contributed by atoms with Gasteiger partial charge in [-0.1, -0.05) is 6.92 Å². The van der Waals surface area contributed by atoms with Crippen LogP contribution in [0.4, 0.5) is 4.39 Å². The van der Waals surface area contributed by atoms with E-state index in [-0.39, 0.29) is 11.9 Å². The van der Waals surface area contributed by atoms with E-state index in [1.54, 1.807) is 12.1 Å². The van der Waals surface area contributed by atoms with Gasteiger partial charge in [-0.15, -0.1) is 0 Å². The molecule has 1 aromatic rings. The Morgan fingerprint density at radius 2 is 1.94 bits per heavy atom. The highest BCUT2D eigenvalue weighted by atomic mass is 19.1. The molecule has 1 rings (SSSR count). The van der Waals surface area contributed by atoms with Crippen molar-refractivity contribution in [2.75, 3.05) is 19.8 Å². The molecular formula is C13H20FNO2. The molecule has 0 spiro atoms. The Bertz CT molecular complexity index is 303. The van der Waals surface area contributed by atoms with Crippen LogP contribution in [0.2, 0.25) is 0 Å². The van der Waals surface area contributed by atoms with Crippen LogP contribution in [0.25, 0.3) is 0 Å². The molecule has 3 nitrogen and oxygen atoms in total. The zero-order valence-corrected chi connectivity index (χ0v) is 10.2. The van der Waals surface area contributed by atoms with E-state index in [9.17, 15) is 4.39 Å². The SMILES string of the molecule is CCC(N)COCCCOc1ccc(F)cc1. The number of hydrogen-bond donors (Lipinski definition) is 1. The molecule has 0 aliphatic heterocycles. The van der Waals surface area contributed by atoms with Crippen LogP contribution in [0.1, 0.15) is 19.8 Å². The number of hydrogen-bond acceptors (Lipinski definition) is 3. The van der Waals surface area contributed by atoms with Crippen LogP contribution in [0.5, 0.6) is 5.75 Å². The predicted molar refractivity (Wildman–Crippen MR) is 65.6 cm³/mol. The lowest BCUT2D eigenvalue weighted by Crippen LogP contribution is -2.25. The highest BCUT2D eigenvalue weighted by Gasteiger charge is 1.98. The van der Waals surface area contributed by atoms with Crippen molar-refractivity contribution in [3.8, 4) is 5.75 Å². The van der Waals surface area contributed by atoms with Crippen molar-refractivity contribution < 1.29 is 13.9 Å². The summed E-state index contributed by atoms with van der Waals surface area (Å²) in [6.07, 6.45) is 1.72. The minimum absolute atomic E-state index is 0.119. The third-order valence-corrected chi connectivity index (χ3v) is 2.37. The fraction of sp³-hybridized carbons (Fsp3) is 0.538. The van der Waals surface area contributed by atoms with Crippen LogP contribution in [-0.4, -0.2) is 25.9 Å². The minimum Gasteiger partial charge on any atom is -0.494 e. The number of halogens is 1. The maximum Gasteiger partial charge on any atom is 0.123 e. The molecule has 0 bridgehead atoms. The van der Waals surface area contributed by atoms with Gasteiger partial charge >= 0.3 is 0 Å². The van der Waals surface area contributed by atoms with E-state index in [0.29, 0.717) is 25.6 Å². The summed E-state index contributed by atoms with van der Waals surface area (Å²) in [5, 5.41) is 0. The van der Waals surface area contributed by atoms with Gasteiger partial charge in [0.15, 0.2) is 0 Å². The Balaban J connectivity index is 2.02. The minimum atomic E-state index is -0.255. The molecule has 0 radical (unpaired) electrons. The molecule has 4 heteroatoms. The Morgan fingerprint density at radius 1 is 1.24 bits per heavy atom.